The predicted octanol–water partition coefficient (Wildman–Crippen LogP) is 1.72. The van der Waals surface area contributed by atoms with Crippen molar-refractivity contribution in [2.75, 3.05) is 11.5 Å². The lowest BCUT2D eigenvalue weighted by Gasteiger charge is -2.02. The van der Waals surface area contributed by atoms with Crippen molar-refractivity contribution >= 4 is 27.1 Å². The van der Waals surface area contributed by atoms with Crippen molar-refractivity contribution in [3.63, 3.8) is 0 Å². The second-order valence-electron chi connectivity index (χ2n) is 2.62. The SMILES string of the molecule is CCS(=O)(=O)c1cc(N)cc(Cl)c1. The van der Waals surface area contributed by atoms with E-state index < -0.39 is 9.84 Å². The van der Waals surface area contributed by atoms with Crippen molar-refractivity contribution in [1.82, 2.24) is 0 Å². The normalized spacial score (nSPS) is 11.5. The molecule has 2 N–H and O–H groups in total. The van der Waals surface area contributed by atoms with Gasteiger partial charge in [0.2, 0.25) is 0 Å². The van der Waals surface area contributed by atoms with Gasteiger partial charge in [0.25, 0.3) is 0 Å². The van der Waals surface area contributed by atoms with Crippen LogP contribution in [0.2, 0.25) is 5.02 Å². The lowest BCUT2D eigenvalue weighted by Crippen LogP contribution is -2.04. The molecule has 1 aromatic rings. The van der Waals surface area contributed by atoms with Gasteiger partial charge in [-0.05, 0) is 18.2 Å². The number of hydrogen-bond donors (Lipinski definition) is 1. The molecule has 0 aliphatic rings. The Bertz CT molecular complexity index is 394. The molecule has 0 radical (unpaired) electrons. The van der Waals surface area contributed by atoms with Crippen molar-refractivity contribution in [2.45, 2.75) is 11.8 Å². The molecule has 1 rings (SSSR count). The molecule has 0 fully saturated rings. The van der Waals surface area contributed by atoms with Crippen LogP contribution in [0, 0.1) is 0 Å². The summed E-state index contributed by atoms with van der Waals surface area (Å²) in [5.74, 6) is 0.0484. The minimum atomic E-state index is -3.21. The first-order valence-corrected chi connectivity index (χ1v) is 5.77. The summed E-state index contributed by atoms with van der Waals surface area (Å²) in [7, 11) is -3.21. The summed E-state index contributed by atoms with van der Waals surface area (Å²) in [5, 5.41) is 0.340. The summed E-state index contributed by atoms with van der Waals surface area (Å²) >= 11 is 5.67. The van der Waals surface area contributed by atoms with Gasteiger partial charge in [-0.15, -0.1) is 0 Å². The Labute approximate surface area is 82.4 Å². The van der Waals surface area contributed by atoms with Gasteiger partial charge in [-0.2, -0.15) is 0 Å². The summed E-state index contributed by atoms with van der Waals surface area (Å²) in [5.41, 5.74) is 5.82. The van der Waals surface area contributed by atoms with Crippen LogP contribution in [-0.2, 0) is 9.84 Å². The van der Waals surface area contributed by atoms with E-state index in [4.69, 9.17) is 17.3 Å². The third-order valence-corrected chi connectivity index (χ3v) is 3.57. The Morgan fingerprint density at radius 3 is 2.46 bits per heavy atom. The number of halogens is 1. The zero-order valence-electron chi connectivity index (χ0n) is 7.12. The molecule has 0 aliphatic heterocycles. The van der Waals surface area contributed by atoms with Gasteiger partial charge in [-0.3, -0.25) is 0 Å². The molecule has 0 bridgehead atoms. The molecule has 5 heteroatoms. The fourth-order valence-electron chi connectivity index (χ4n) is 0.931. The molecule has 0 heterocycles. The molecule has 0 saturated carbocycles. The number of nitrogens with two attached hydrogens (primary N) is 1. The van der Waals surface area contributed by atoms with Gasteiger partial charge in [0.1, 0.15) is 0 Å². The molecule has 0 unspecified atom stereocenters. The van der Waals surface area contributed by atoms with Crippen molar-refractivity contribution in [2.24, 2.45) is 0 Å². The molecular formula is C8H10ClNO2S. The molecule has 0 aromatic heterocycles. The van der Waals surface area contributed by atoms with Crippen LogP contribution >= 0.6 is 11.6 Å². The Morgan fingerprint density at radius 2 is 2.00 bits per heavy atom. The van der Waals surface area contributed by atoms with E-state index in [9.17, 15) is 8.42 Å². The minimum absolute atomic E-state index is 0.0484. The molecular weight excluding hydrogens is 210 g/mol. The number of rotatable bonds is 2. The quantitative estimate of drug-likeness (QED) is 0.771. The van der Waals surface area contributed by atoms with Crippen LogP contribution in [0.5, 0.6) is 0 Å². The molecule has 0 amide bonds. The summed E-state index contributed by atoms with van der Waals surface area (Å²) in [6.45, 7) is 1.58. The van der Waals surface area contributed by atoms with Gasteiger partial charge in [-0.25, -0.2) is 8.42 Å². The van der Waals surface area contributed by atoms with E-state index in [1.165, 1.54) is 18.2 Å². The maximum Gasteiger partial charge on any atom is 0.178 e. The van der Waals surface area contributed by atoms with Gasteiger partial charge in [0.15, 0.2) is 9.84 Å². The zero-order chi connectivity index (χ0) is 10.1. The second-order valence-corrected chi connectivity index (χ2v) is 5.34. The van der Waals surface area contributed by atoms with Crippen LogP contribution in [0.25, 0.3) is 0 Å². The third kappa shape index (κ3) is 2.35. The van der Waals surface area contributed by atoms with Crippen molar-refractivity contribution in [3.05, 3.63) is 23.2 Å². The van der Waals surface area contributed by atoms with Gasteiger partial charge in [0, 0.05) is 10.7 Å². The number of benzene rings is 1. The monoisotopic (exact) mass is 219 g/mol. The lowest BCUT2D eigenvalue weighted by molar-refractivity contribution is 0.597. The highest BCUT2D eigenvalue weighted by Gasteiger charge is 2.12. The summed E-state index contributed by atoms with van der Waals surface area (Å²) in [4.78, 5) is 0.181. The van der Waals surface area contributed by atoms with Crippen LogP contribution < -0.4 is 5.73 Å². The maximum absolute atomic E-state index is 11.4. The first-order valence-electron chi connectivity index (χ1n) is 3.74. The Balaban J connectivity index is 3.32. The topological polar surface area (TPSA) is 60.2 Å². The van der Waals surface area contributed by atoms with Crippen molar-refractivity contribution in [3.8, 4) is 0 Å². The molecule has 0 saturated heterocycles. The molecule has 72 valence electrons. The highest BCUT2D eigenvalue weighted by atomic mass is 35.5. The van der Waals surface area contributed by atoms with E-state index in [0.29, 0.717) is 10.7 Å². The Kier molecular flexibility index (Phi) is 2.83. The fraction of sp³-hybridized carbons (Fsp3) is 0.250. The lowest BCUT2D eigenvalue weighted by atomic mass is 10.3. The van der Waals surface area contributed by atoms with Gasteiger partial charge in [-0.1, -0.05) is 18.5 Å². The zero-order valence-corrected chi connectivity index (χ0v) is 8.69. The third-order valence-electron chi connectivity index (χ3n) is 1.63. The standard InChI is InChI=1S/C8H10ClNO2S/c1-2-13(11,12)8-4-6(9)3-7(10)5-8/h3-5H,2,10H2,1H3. The van der Waals surface area contributed by atoms with Crippen LogP contribution in [0.4, 0.5) is 5.69 Å². The minimum Gasteiger partial charge on any atom is -0.399 e. The van der Waals surface area contributed by atoms with E-state index in [-0.39, 0.29) is 10.6 Å². The van der Waals surface area contributed by atoms with E-state index in [1.807, 2.05) is 0 Å². The van der Waals surface area contributed by atoms with Crippen LogP contribution in [0.3, 0.4) is 0 Å². The maximum atomic E-state index is 11.4. The van der Waals surface area contributed by atoms with E-state index in [1.54, 1.807) is 6.92 Å². The number of nitrogen functional groups attached to an aromatic ring is 1. The first kappa shape index (κ1) is 10.3. The molecule has 0 spiro atoms. The Hall–Kier alpha value is -0.740. The van der Waals surface area contributed by atoms with Crippen LogP contribution in [0.1, 0.15) is 6.92 Å². The smallest absolute Gasteiger partial charge is 0.178 e. The first-order chi connectivity index (χ1) is 5.95. The van der Waals surface area contributed by atoms with Crippen molar-refractivity contribution < 1.29 is 8.42 Å². The number of anilines is 1. The summed E-state index contributed by atoms with van der Waals surface area (Å²) in [6.07, 6.45) is 0. The highest BCUT2D eigenvalue weighted by Crippen LogP contribution is 2.20. The predicted molar refractivity (Wildman–Crippen MR) is 53.6 cm³/mol. The molecule has 13 heavy (non-hydrogen) atoms. The largest absolute Gasteiger partial charge is 0.399 e. The number of hydrogen-bond acceptors (Lipinski definition) is 3. The fourth-order valence-corrected chi connectivity index (χ4v) is 2.19. The van der Waals surface area contributed by atoms with Crippen molar-refractivity contribution in [1.29, 1.82) is 0 Å². The Morgan fingerprint density at radius 1 is 1.38 bits per heavy atom. The molecule has 0 atom stereocenters. The highest BCUT2D eigenvalue weighted by molar-refractivity contribution is 7.91. The van der Waals surface area contributed by atoms with Gasteiger partial charge in [0.05, 0.1) is 10.6 Å². The van der Waals surface area contributed by atoms with E-state index >= 15 is 0 Å². The summed E-state index contributed by atoms with van der Waals surface area (Å²) in [6, 6.07) is 4.32. The molecule has 0 aliphatic carbocycles. The summed E-state index contributed by atoms with van der Waals surface area (Å²) < 4.78 is 22.8. The molecule has 1 aromatic carbocycles. The molecule has 3 nitrogen and oxygen atoms in total. The van der Waals surface area contributed by atoms with Crippen LogP contribution in [-0.4, -0.2) is 14.2 Å². The second kappa shape index (κ2) is 3.55. The van der Waals surface area contributed by atoms with E-state index in [2.05, 4.69) is 0 Å². The van der Waals surface area contributed by atoms with Gasteiger partial charge >= 0.3 is 0 Å². The average molecular weight is 220 g/mol. The van der Waals surface area contributed by atoms with Gasteiger partial charge < -0.3 is 5.73 Å². The number of sulfone groups is 1. The average Bonchev–Trinajstić information content (AvgIpc) is 2.02. The van der Waals surface area contributed by atoms with Crippen LogP contribution in [0.15, 0.2) is 23.1 Å². The van der Waals surface area contributed by atoms with E-state index in [0.717, 1.165) is 0 Å².